The van der Waals surface area contributed by atoms with E-state index in [9.17, 15) is 0 Å². The molecule has 0 saturated carbocycles. The maximum atomic E-state index is 6.69. The lowest BCUT2D eigenvalue weighted by Crippen LogP contribution is -2.20. The van der Waals surface area contributed by atoms with Crippen molar-refractivity contribution in [2.75, 3.05) is 0 Å². The van der Waals surface area contributed by atoms with E-state index < -0.39 is 0 Å². The summed E-state index contributed by atoms with van der Waals surface area (Å²) in [5.41, 5.74) is 9.78. The Kier molecular flexibility index (Phi) is 6.30. The fourth-order valence-electron chi connectivity index (χ4n) is 8.11. The van der Waals surface area contributed by atoms with Crippen molar-refractivity contribution in [3.05, 3.63) is 187 Å². The van der Waals surface area contributed by atoms with Gasteiger partial charge in [0.15, 0.2) is 5.84 Å². The summed E-state index contributed by atoms with van der Waals surface area (Å²) in [6.07, 6.45) is 0. The van der Waals surface area contributed by atoms with E-state index in [1.165, 1.54) is 42.0 Å². The van der Waals surface area contributed by atoms with E-state index in [0.29, 0.717) is 5.84 Å². The molecule has 11 rings (SSSR count). The molecule has 10 aromatic rings. The minimum absolute atomic E-state index is 0.258. The largest absolute Gasteiger partial charge is 0.456 e. The number of aromatic nitrogens is 1. The molecule has 244 valence electrons. The number of hydrogen-bond acceptors (Lipinski definition) is 4. The average molecular weight is 684 g/mol. The zero-order chi connectivity index (χ0) is 34.3. The van der Waals surface area contributed by atoms with Gasteiger partial charge >= 0.3 is 0 Å². The Morgan fingerprint density at radius 3 is 2.21 bits per heavy atom. The highest BCUT2D eigenvalue weighted by atomic mass is 32.1. The lowest BCUT2D eigenvalue weighted by molar-refractivity contribution is 0.668. The Morgan fingerprint density at radius 2 is 1.35 bits per heavy atom. The monoisotopic (exact) mass is 683 g/mol. The molecule has 4 heterocycles. The first-order chi connectivity index (χ1) is 25.7. The molecule has 1 aliphatic rings. The summed E-state index contributed by atoms with van der Waals surface area (Å²) >= 11 is 1.86. The van der Waals surface area contributed by atoms with Crippen molar-refractivity contribution in [3.63, 3.8) is 0 Å². The van der Waals surface area contributed by atoms with Crippen molar-refractivity contribution in [1.82, 2.24) is 4.57 Å². The van der Waals surface area contributed by atoms with Crippen molar-refractivity contribution in [3.8, 4) is 5.69 Å². The molecule has 0 bridgehead atoms. The highest BCUT2D eigenvalue weighted by molar-refractivity contribution is 7.26. The first-order valence-electron chi connectivity index (χ1n) is 17.5. The minimum atomic E-state index is -0.258. The number of nitrogens with zero attached hydrogens (tertiary/aromatic N) is 3. The van der Waals surface area contributed by atoms with Gasteiger partial charge in [-0.3, -0.25) is 4.99 Å². The van der Waals surface area contributed by atoms with Gasteiger partial charge in [0, 0.05) is 70.2 Å². The van der Waals surface area contributed by atoms with Gasteiger partial charge in [0.1, 0.15) is 17.2 Å². The predicted octanol–water partition coefficient (Wildman–Crippen LogP) is 12.6. The standard InChI is InChI=1S/C47H29N3OS/c1-28-45(29-13-4-2-5-14-29)48-47(30-15-6-3-7-16-30)49-46(28)35-19-12-21-38-42(35)33-24-23-31(27-39(33)51-38)50-36-20-10-8-17-32(36)43-37(50)25-26-41-44(43)34-18-9-11-22-40(34)52-41/h2-27,45H,1H2. The van der Waals surface area contributed by atoms with Crippen LogP contribution in [0.2, 0.25) is 0 Å². The highest BCUT2D eigenvalue weighted by Crippen LogP contribution is 2.44. The van der Waals surface area contributed by atoms with E-state index in [1.807, 2.05) is 47.7 Å². The van der Waals surface area contributed by atoms with Crippen molar-refractivity contribution in [2.24, 2.45) is 9.98 Å². The number of benzene rings is 7. The molecule has 1 aliphatic heterocycles. The van der Waals surface area contributed by atoms with Crippen LogP contribution in [0, 0.1) is 0 Å². The maximum Gasteiger partial charge on any atom is 0.156 e. The van der Waals surface area contributed by atoms with Crippen LogP contribution in [-0.2, 0) is 0 Å². The van der Waals surface area contributed by atoms with Crippen LogP contribution in [-0.4, -0.2) is 16.1 Å². The lowest BCUT2D eigenvalue weighted by Gasteiger charge is -2.24. The van der Waals surface area contributed by atoms with Crippen molar-refractivity contribution < 1.29 is 4.42 Å². The van der Waals surface area contributed by atoms with Gasteiger partial charge < -0.3 is 8.98 Å². The Labute approximate surface area is 302 Å². The number of rotatable bonds is 4. The van der Waals surface area contributed by atoms with Gasteiger partial charge in [0.2, 0.25) is 0 Å². The van der Waals surface area contributed by atoms with Crippen LogP contribution in [0.1, 0.15) is 22.7 Å². The molecule has 0 radical (unpaired) electrons. The average Bonchev–Trinajstić information content (AvgIpc) is 3.87. The molecule has 52 heavy (non-hydrogen) atoms. The molecular weight excluding hydrogens is 655 g/mol. The topological polar surface area (TPSA) is 42.8 Å². The smallest absolute Gasteiger partial charge is 0.156 e. The van der Waals surface area contributed by atoms with Crippen LogP contribution in [0.25, 0.3) is 69.6 Å². The highest BCUT2D eigenvalue weighted by Gasteiger charge is 2.28. The lowest BCUT2D eigenvalue weighted by atomic mass is 9.89. The van der Waals surface area contributed by atoms with E-state index in [2.05, 4.69) is 132 Å². The minimum Gasteiger partial charge on any atom is -0.456 e. The first kappa shape index (κ1) is 29.2. The van der Waals surface area contributed by atoms with Crippen LogP contribution >= 0.6 is 11.3 Å². The van der Waals surface area contributed by atoms with E-state index in [4.69, 9.17) is 14.4 Å². The summed E-state index contributed by atoms with van der Waals surface area (Å²) in [5, 5.41) is 7.23. The van der Waals surface area contributed by atoms with Crippen LogP contribution in [0.4, 0.5) is 0 Å². The summed E-state index contributed by atoms with van der Waals surface area (Å²) in [4.78, 5) is 10.3. The van der Waals surface area contributed by atoms with Crippen LogP contribution < -0.4 is 0 Å². The number of para-hydroxylation sites is 1. The number of aliphatic imine (C=N–C) groups is 2. The van der Waals surface area contributed by atoms with E-state index in [-0.39, 0.29) is 6.04 Å². The summed E-state index contributed by atoms with van der Waals surface area (Å²) in [5.74, 6) is 0.697. The second-order valence-corrected chi connectivity index (χ2v) is 14.4. The van der Waals surface area contributed by atoms with E-state index >= 15 is 0 Å². The number of thiophene rings is 1. The quantitative estimate of drug-likeness (QED) is 0.182. The SMILES string of the molecule is C=C1C(c2cccc3oc4cc(-n5c6ccccc6c6c7c(ccc65)sc5ccccc57)ccc4c23)=NC(c2ccccc2)=NC1c1ccccc1. The summed E-state index contributed by atoms with van der Waals surface area (Å²) in [7, 11) is 0. The van der Waals surface area contributed by atoms with Crippen LogP contribution in [0.5, 0.6) is 0 Å². The summed E-state index contributed by atoms with van der Waals surface area (Å²) in [6.45, 7) is 4.60. The third kappa shape index (κ3) is 4.27. The second-order valence-electron chi connectivity index (χ2n) is 13.4. The Hall–Kier alpha value is -6.56. The van der Waals surface area contributed by atoms with Gasteiger partial charge in [0.25, 0.3) is 0 Å². The molecule has 7 aromatic carbocycles. The van der Waals surface area contributed by atoms with Crippen LogP contribution in [0.3, 0.4) is 0 Å². The Bertz CT molecular complexity index is 3140. The van der Waals surface area contributed by atoms with Gasteiger partial charge in [0.05, 0.1) is 16.7 Å². The van der Waals surface area contributed by atoms with Gasteiger partial charge in [-0.05, 0) is 48.0 Å². The molecular formula is C47H29N3OS. The molecule has 4 nitrogen and oxygen atoms in total. The fourth-order valence-corrected chi connectivity index (χ4v) is 9.22. The van der Waals surface area contributed by atoms with Crippen molar-refractivity contribution in [1.29, 1.82) is 0 Å². The molecule has 0 spiro atoms. The molecule has 1 atom stereocenters. The molecule has 1 unspecified atom stereocenters. The molecule has 0 N–H and O–H groups in total. The zero-order valence-electron chi connectivity index (χ0n) is 28.0. The fraction of sp³-hybridized carbons (Fsp3) is 0.0213. The van der Waals surface area contributed by atoms with Crippen LogP contribution in [0.15, 0.2) is 184 Å². The molecule has 0 aliphatic carbocycles. The Morgan fingerprint density at radius 1 is 0.577 bits per heavy atom. The third-order valence-electron chi connectivity index (χ3n) is 10.4. The van der Waals surface area contributed by atoms with E-state index in [0.717, 1.165) is 55.6 Å². The van der Waals surface area contributed by atoms with Gasteiger partial charge in [-0.2, -0.15) is 0 Å². The summed E-state index contributed by atoms with van der Waals surface area (Å²) in [6, 6.07) is 55.1. The Balaban J connectivity index is 1.11. The molecule has 0 saturated heterocycles. The second kappa shape index (κ2) is 11.2. The first-order valence-corrected chi connectivity index (χ1v) is 18.3. The van der Waals surface area contributed by atoms with Gasteiger partial charge in [-0.15, -0.1) is 11.3 Å². The third-order valence-corrected chi connectivity index (χ3v) is 11.6. The van der Waals surface area contributed by atoms with Crippen molar-refractivity contribution in [2.45, 2.75) is 6.04 Å². The molecule has 5 heteroatoms. The molecule has 0 amide bonds. The normalized spacial score (nSPS) is 15.0. The van der Waals surface area contributed by atoms with Gasteiger partial charge in [-0.1, -0.05) is 116 Å². The summed E-state index contributed by atoms with van der Waals surface area (Å²) < 4.78 is 11.7. The number of fused-ring (bicyclic) bond motifs is 10. The van der Waals surface area contributed by atoms with Crippen molar-refractivity contribution >= 4 is 86.8 Å². The van der Waals surface area contributed by atoms with Gasteiger partial charge in [-0.25, -0.2) is 4.99 Å². The zero-order valence-corrected chi connectivity index (χ0v) is 28.8. The predicted molar refractivity (Wildman–Crippen MR) is 219 cm³/mol. The molecule has 3 aromatic heterocycles. The molecule has 0 fully saturated rings. The maximum absolute atomic E-state index is 6.69. The van der Waals surface area contributed by atoms with E-state index in [1.54, 1.807) is 0 Å². The number of hydrogen-bond donors (Lipinski definition) is 0. The number of amidine groups is 1. The number of furan rings is 1.